The summed E-state index contributed by atoms with van der Waals surface area (Å²) in [5.41, 5.74) is 4.44. The molecule has 1 unspecified atom stereocenters. The lowest BCUT2D eigenvalue weighted by Gasteiger charge is -2.55. The van der Waals surface area contributed by atoms with E-state index in [0.717, 1.165) is 32.5 Å². The number of urea groups is 1. The van der Waals surface area contributed by atoms with Crippen molar-refractivity contribution in [3.8, 4) is 5.75 Å². The second-order valence-corrected chi connectivity index (χ2v) is 14.5. The predicted octanol–water partition coefficient (Wildman–Crippen LogP) is 5.59. The quantitative estimate of drug-likeness (QED) is 0.118. The number of aromatic hydroxyl groups is 1. The molecule has 282 valence electrons. The number of phenols is 1. The van der Waals surface area contributed by atoms with Gasteiger partial charge in [-0.3, -0.25) is 14.4 Å². The second kappa shape index (κ2) is 16.1. The van der Waals surface area contributed by atoms with Crippen LogP contribution in [0.3, 0.4) is 0 Å². The predicted molar refractivity (Wildman–Crippen MR) is 213 cm³/mol. The number of hydrogen-bond acceptors (Lipinski definition) is 7. The van der Waals surface area contributed by atoms with Crippen molar-refractivity contribution in [2.24, 2.45) is 7.05 Å². The van der Waals surface area contributed by atoms with Crippen LogP contribution < -0.4 is 10.6 Å². The van der Waals surface area contributed by atoms with Crippen LogP contribution in [0.1, 0.15) is 27.0 Å². The first kappa shape index (κ1) is 37.3. The normalized spacial score (nSPS) is 17.3. The summed E-state index contributed by atoms with van der Waals surface area (Å²) in [6.45, 7) is 4.47. The molecule has 2 atom stereocenters. The van der Waals surface area contributed by atoms with Gasteiger partial charge in [-0.1, -0.05) is 66.7 Å². The highest BCUT2D eigenvalue weighted by Gasteiger charge is 2.51. The number of fused-ring (bicyclic) bond motifs is 2. The Labute approximate surface area is 324 Å². The number of aromatic nitrogens is 1. The highest BCUT2D eigenvalue weighted by Crippen LogP contribution is 2.32. The molecule has 0 saturated carbocycles. The van der Waals surface area contributed by atoms with Crippen LogP contribution in [-0.2, 0) is 36.1 Å². The lowest BCUT2D eigenvalue weighted by molar-refractivity contribution is -0.189. The molecule has 55 heavy (non-hydrogen) atoms. The number of hydrazine groups is 1. The third-order valence-corrected chi connectivity index (χ3v) is 10.8. The van der Waals surface area contributed by atoms with E-state index in [4.69, 9.17) is 0 Å². The highest BCUT2D eigenvalue weighted by molar-refractivity contribution is 7.98. The minimum absolute atomic E-state index is 0.0449. The van der Waals surface area contributed by atoms with Crippen LogP contribution in [0.2, 0.25) is 0 Å². The third kappa shape index (κ3) is 7.80. The number of para-hydroxylation sites is 1. The van der Waals surface area contributed by atoms with E-state index in [1.807, 2.05) is 90.7 Å². The molecule has 4 aromatic carbocycles. The number of carbonyl (C=O) groups is 4. The highest BCUT2D eigenvalue weighted by atomic mass is 32.2. The SMILES string of the molecule is C=CCN1CC(=O)N2C(CN(Cc3cccc4c(C(=O)Nc5ccc(SC)cc5)cn(C)c34)C(=O)[C@@H]2Cc2ccc(O)cc2)N1C(=O)NCc1ccccc1. The van der Waals surface area contributed by atoms with Gasteiger partial charge in [-0.25, -0.2) is 14.8 Å². The van der Waals surface area contributed by atoms with Crippen molar-refractivity contribution in [2.75, 3.05) is 31.2 Å². The zero-order valence-corrected chi connectivity index (χ0v) is 31.5. The van der Waals surface area contributed by atoms with Crippen LogP contribution in [0.5, 0.6) is 5.75 Å². The molecule has 7 rings (SSSR count). The number of benzene rings is 4. The minimum Gasteiger partial charge on any atom is -0.508 e. The van der Waals surface area contributed by atoms with E-state index in [1.165, 1.54) is 0 Å². The number of piperazine rings is 1. The third-order valence-electron chi connectivity index (χ3n) is 10.1. The van der Waals surface area contributed by atoms with E-state index in [2.05, 4.69) is 17.2 Å². The fourth-order valence-electron chi connectivity index (χ4n) is 7.49. The van der Waals surface area contributed by atoms with Crippen molar-refractivity contribution < 1.29 is 24.3 Å². The molecule has 0 spiro atoms. The van der Waals surface area contributed by atoms with Gasteiger partial charge in [-0.15, -0.1) is 18.3 Å². The zero-order chi connectivity index (χ0) is 38.6. The summed E-state index contributed by atoms with van der Waals surface area (Å²) >= 11 is 1.62. The molecule has 2 aliphatic rings. The van der Waals surface area contributed by atoms with Gasteiger partial charge < -0.3 is 30.1 Å². The maximum absolute atomic E-state index is 14.6. The standard InChI is InChI=1S/C42H43N7O5S/c1-4-21-47-27-38(51)48-36(22-28-13-17-32(50)18-14-28)41(53)46(26-37(48)49(47)42(54)43-23-29-9-6-5-7-10-29)24-30-11-8-12-34-35(25-45(2)39(30)34)40(52)44-31-15-19-33(55-3)20-16-31/h4-20,25,36-37,50H,1,21-24,26-27H2,2-3H3,(H,43,54)(H,44,52)/t36-,37?/m0/s1. The first-order valence-corrected chi connectivity index (χ1v) is 19.2. The van der Waals surface area contributed by atoms with E-state index in [-0.39, 0.29) is 62.6 Å². The lowest BCUT2D eigenvalue weighted by Crippen LogP contribution is -2.76. The van der Waals surface area contributed by atoms with E-state index in [1.54, 1.807) is 68.1 Å². The van der Waals surface area contributed by atoms with Gasteiger partial charge in [0.25, 0.3) is 5.91 Å². The van der Waals surface area contributed by atoms with Crippen LogP contribution in [0, 0.1) is 0 Å². The first-order chi connectivity index (χ1) is 26.6. The fourth-order valence-corrected chi connectivity index (χ4v) is 7.90. The van der Waals surface area contributed by atoms with Gasteiger partial charge in [0.15, 0.2) is 0 Å². The summed E-state index contributed by atoms with van der Waals surface area (Å²) in [5, 5.41) is 19.9. The summed E-state index contributed by atoms with van der Waals surface area (Å²) < 4.78 is 1.89. The van der Waals surface area contributed by atoms with Gasteiger partial charge in [-0.05, 0) is 59.3 Å². The Kier molecular flexibility index (Phi) is 10.9. The molecule has 0 aliphatic carbocycles. The summed E-state index contributed by atoms with van der Waals surface area (Å²) in [6, 6.07) is 28.1. The average Bonchev–Trinajstić information content (AvgIpc) is 3.54. The Hall–Kier alpha value is -6.05. The van der Waals surface area contributed by atoms with Crippen LogP contribution in [0.25, 0.3) is 10.9 Å². The minimum atomic E-state index is -0.933. The van der Waals surface area contributed by atoms with Crippen molar-refractivity contribution in [3.63, 3.8) is 0 Å². The van der Waals surface area contributed by atoms with Crippen LogP contribution >= 0.6 is 11.8 Å². The Morgan fingerprint density at radius 2 is 1.69 bits per heavy atom. The number of aryl methyl sites for hydroxylation is 1. The fraction of sp³-hybridized carbons (Fsp3) is 0.238. The van der Waals surface area contributed by atoms with Crippen molar-refractivity contribution in [3.05, 3.63) is 138 Å². The van der Waals surface area contributed by atoms with Crippen molar-refractivity contribution >= 4 is 52.1 Å². The number of amides is 5. The maximum atomic E-state index is 14.6. The number of rotatable bonds is 11. The topological polar surface area (TPSA) is 130 Å². The summed E-state index contributed by atoms with van der Waals surface area (Å²) in [4.78, 5) is 60.7. The van der Waals surface area contributed by atoms with Gasteiger partial charge in [0.1, 0.15) is 18.0 Å². The van der Waals surface area contributed by atoms with Crippen molar-refractivity contribution in [1.82, 2.24) is 29.7 Å². The number of carbonyl (C=O) groups excluding carboxylic acids is 4. The van der Waals surface area contributed by atoms with Crippen LogP contribution in [-0.4, -0.2) is 91.3 Å². The van der Waals surface area contributed by atoms with Gasteiger partial charge in [0, 0.05) is 55.3 Å². The molecule has 3 N–H and O–H groups in total. The smallest absolute Gasteiger partial charge is 0.334 e. The number of thioether (sulfide) groups is 1. The van der Waals surface area contributed by atoms with E-state index < -0.39 is 18.2 Å². The Morgan fingerprint density at radius 3 is 2.40 bits per heavy atom. The monoisotopic (exact) mass is 757 g/mol. The first-order valence-electron chi connectivity index (χ1n) is 18.0. The van der Waals surface area contributed by atoms with E-state index >= 15 is 0 Å². The summed E-state index contributed by atoms with van der Waals surface area (Å²) in [5.74, 6) is -0.708. The lowest BCUT2D eigenvalue weighted by atomic mass is 9.98. The molecule has 0 radical (unpaired) electrons. The molecule has 5 amide bonds. The van der Waals surface area contributed by atoms with Gasteiger partial charge in [0.2, 0.25) is 11.8 Å². The van der Waals surface area contributed by atoms with Gasteiger partial charge in [0.05, 0.1) is 24.2 Å². The molecule has 5 aromatic rings. The number of anilines is 1. The second-order valence-electron chi connectivity index (χ2n) is 13.7. The summed E-state index contributed by atoms with van der Waals surface area (Å²) in [6.07, 6.45) is 4.78. The molecule has 13 heteroatoms. The molecule has 0 bridgehead atoms. The van der Waals surface area contributed by atoms with E-state index in [9.17, 15) is 24.3 Å². The van der Waals surface area contributed by atoms with Gasteiger partial charge in [-0.2, -0.15) is 0 Å². The summed E-state index contributed by atoms with van der Waals surface area (Å²) in [7, 11) is 1.87. The molecule has 1 aromatic heterocycles. The molecule has 12 nitrogen and oxygen atoms in total. The number of nitrogens with zero attached hydrogens (tertiary/aromatic N) is 5. The van der Waals surface area contributed by atoms with Gasteiger partial charge >= 0.3 is 6.03 Å². The Morgan fingerprint density at radius 1 is 0.945 bits per heavy atom. The molecule has 2 fully saturated rings. The van der Waals surface area contributed by atoms with Crippen molar-refractivity contribution in [2.45, 2.75) is 36.6 Å². The number of hydrogen-bond donors (Lipinski definition) is 3. The molecular formula is C42H43N7O5S. The Bertz CT molecular complexity index is 2230. The largest absolute Gasteiger partial charge is 0.508 e. The molecule has 3 heterocycles. The molecular weight excluding hydrogens is 715 g/mol. The molecule has 2 aliphatic heterocycles. The Balaban J connectivity index is 1.23. The number of nitrogens with one attached hydrogen (secondary N) is 2. The maximum Gasteiger partial charge on any atom is 0.334 e. The van der Waals surface area contributed by atoms with Crippen LogP contribution in [0.15, 0.2) is 121 Å². The van der Waals surface area contributed by atoms with Crippen LogP contribution in [0.4, 0.5) is 10.5 Å². The molecule has 2 saturated heterocycles. The van der Waals surface area contributed by atoms with Crippen molar-refractivity contribution in [1.29, 1.82) is 0 Å². The zero-order valence-electron chi connectivity index (χ0n) is 30.7. The average molecular weight is 758 g/mol. The number of phenolic OH excluding ortho intramolecular Hbond substituents is 1. The van der Waals surface area contributed by atoms with E-state index in [0.29, 0.717) is 11.3 Å².